The molecule has 1 rings (SSSR count). The lowest BCUT2D eigenvalue weighted by Crippen LogP contribution is -2.16. The van der Waals surface area contributed by atoms with Gasteiger partial charge in [0.25, 0.3) is 0 Å². The van der Waals surface area contributed by atoms with Gasteiger partial charge in [-0.1, -0.05) is 27.7 Å². The molecule has 0 radical (unpaired) electrons. The Bertz CT molecular complexity index is 360. The number of aryl methyl sites for hydroxylation is 1. The van der Waals surface area contributed by atoms with E-state index in [1.165, 1.54) is 0 Å². The van der Waals surface area contributed by atoms with Crippen LogP contribution in [0.15, 0.2) is 0 Å². The van der Waals surface area contributed by atoms with Crippen LogP contribution in [-0.4, -0.2) is 9.97 Å². The molecule has 4 nitrogen and oxygen atoms in total. The van der Waals surface area contributed by atoms with Gasteiger partial charge in [0.1, 0.15) is 11.6 Å². The molecule has 0 saturated heterocycles. The van der Waals surface area contributed by atoms with Crippen LogP contribution >= 0.6 is 0 Å². The highest BCUT2D eigenvalue weighted by molar-refractivity contribution is 5.47. The predicted molar refractivity (Wildman–Crippen MR) is 67.4 cm³/mol. The number of aromatic nitrogens is 2. The Morgan fingerprint density at radius 2 is 1.88 bits per heavy atom. The highest BCUT2D eigenvalue weighted by Gasteiger charge is 2.16. The zero-order chi connectivity index (χ0) is 12.3. The Hall–Kier alpha value is -1.16. The van der Waals surface area contributed by atoms with Gasteiger partial charge in [-0.25, -0.2) is 15.8 Å². The monoisotopic (exact) mass is 222 g/mol. The summed E-state index contributed by atoms with van der Waals surface area (Å²) in [5.41, 5.74) is 4.81. The first-order chi connectivity index (χ1) is 7.51. The maximum atomic E-state index is 5.53. The largest absolute Gasteiger partial charge is 0.308 e. The molecule has 1 unspecified atom stereocenters. The van der Waals surface area contributed by atoms with E-state index in [4.69, 9.17) is 5.84 Å². The molecule has 0 aliphatic carbocycles. The summed E-state index contributed by atoms with van der Waals surface area (Å²) in [7, 11) is 0. The van der Waals surface area contributed by atoms with E-state index >= 15 is 0 Å². The maximum absolute atomic E-state index is 5.53. The van der Waals surface area contributed by atoms with E-state index in [-0.39, 0.29) is 0 Å². The van der Waals surface area contributed by atoms with Crippen molar-refractivity contribution in [3.05, 3.63) is 17.1 Å². The first kappa shape index (κ1) is 12.9. The number of anilines is 1. The van der Waals surface area contributed by atoms with E-state index in [1.807, 2.05) is 6.92 Å². The quantitative estimate of drug-likeness (QED) is 0.607. The Labute approximate surface area is 97.7 Å². The second-order valence-corrected chi connectivity index (χ2v) is 4.54. The SMILES string of the molecule is CCC(C)c1nc(C)c(C(C)C)c(NN)n1. The first-order valence-electron chi connectivity index (χ1n) is 5.86. The van der Waals surface area contributed by atoms with Crippen LogP contribution in [0.25, 0.3) is 0 Å². The molecule has 0 spiro atoms. The molecule has 1 aromatic rings. The highest BCUT2D eigenvalue weighted by atomic mass is 15.3. The number of rotatable bonds is 4. The molecule has 0 saturated carbocycles. The van der Waals surface area contributed by atoms with Crippen molar-refractivity contribution in [3.8, 4) is 0 Å². The number of nitrogens with one attached hydrogen (secondary N) is 1. The zero-order valence-electron chi connectivity index (χ0n) is 10.8. The average molecular weight is 222 g/mol. The zero-order valence-corrected chi connectivity index (χ0v) is 10.8. The molecule has 90 valence electrons. The molecule has 1 aromatic heterocycles. The lowest BCUT2D eigenvalue weighted by molar-refractivity contribution is 0.668. The number of nitrogens with two attached hydrogens (primary N) is 1. The van der Waals surface area contributed by atoms with Crippen LogP contribution in [0.1, 0.15) is 63.0 Å². The third-order valence-electron chi connectivity index (χ3n) is 2.92. The molecule has 0 aliphatic rings. The normalized spacial score (nSPS) is 12.9. The van der Waals surface area contributed by atoms with Gasteiger partial charge in [-0.15, -0.1) is 0 Å². The van der Waals surface area contributed by atoms with Crippen LogP contribution in [0.5, 0.6) is 0 Å². The van der Waals surface area contributed by atoms with Crippen molar-refractivity contribution in [2.24, 2.45) is 5.84 Å². The summed E-state index contributed by atoms with van der Waals surface area (Å²) >= 11 is 0. The number of nitrogen functional groups attached to an aromatic ring is 1. The van der Waals surface area contributed by atoms with Crippen LogP contribution in [0.4, 0.5) is 5.82 Å². The summed E-state index contributed by atoms with van der Waals surface area (Å²) in [6, 6.07) is 0. The molecule has 0 aliphatic heterocycles. The minimum atomic E-state index is 0.368. The van der Waals surface area contributed by atoms with E-state index in [0.717, 1.165) is 29.3 Å². The number of hydrogen-bond acceptors (Lipinski definition) is 4. The molecule has 3 N–H and O–H groups in total. The fourth-order valence-corrected chi connectivity index (χ4v) is 1.81. The van der Waals surface area contributed by atoms with Crippen LogP contribution in [-0.2, 0) is 0 Å². The van der Waals surface area contributed by atoms with Gasteiger partial charge in [0, 0.05) is 17.2 Å². The standard InChI is InChI=1S/C12H22N4/c1-6-8(4)11-14-9(5)10(7(2)3)12(15-11)16-13/h7-8H,6,13H2,1-5H3,(H,14,15,16). The van der Waals surface area contributed by atoms with Crippen LogP contribution in [0.2, 0.25) is 0 Å². The van der Waals surface area contributed by atoms with Crippen molar-refractivity contribution >= 4 is 5.82 Å². The van der Waals surface area contributed by atoms with E-state index in [1.54, 1.807) is 0 Å². The molecule has 16 heavy (non-hydrogen) atoms. The van der Waals surface area contributed by atoms with Crippen molar-refractivity contribution < 1.29 is 0 Å². The third kappa shape index (κ3) is 2.50. The molecule has 0 aromatic carbocycles. The topological polar surface area (TPSA) is 63.8 Å². The summed E-state index contributed by atoms with van der Waals surface area (Å²) in [4.78, 5) is 9.06. The number of hydrazine groups is 1. The summed E-state index contributed by atoms with van der Waals surface area (Å²) in [5.74, 6) is 7.90. The van der Waals surface area contributed by atoms with Gasteiger partial charge in [-0.05, 0) is 19.3 Å². The van der Waals surface area contributed by atoms with E-state index in [2.05, 4.69) is 43.1 Å². The second kappa shape index (κ2) is 5.25. The molecular formula is C12H22N4. The van der Waals surface area contributed by atoms with Gasteiger partial charge >= 0.3 is 0 Å². The number of nitrogens with zero attached hydrogens (tertiary/aromatic N) is 2. The van der Waals surface area contributed by atoms with E-state index in [9.17, 15) is 0 Å². The smallest absolute Gasteiger partial charge is 0.147 e. The van der Waals surface area contributed by atoms with Crippen molar-refractivity contribution in [2.75, 3.05) is 5.43 Å². The van der Waals surface area contributed by atoms with Gasteiger partial charge in [0.05, 0.1) is 0 Å². The molecule has 4 heteroatoms. The lowest BCUT2D eigenvalue weighted by atomic mass is 10.0. The second-order valence-electron chi connectivity index (χ2n) is 4.54. The van der Waals surface area contributed by atoms with Crippen molar-refractivity contribution in [1.82, 2.24) is 9.97 Å². The molecule has 0 amide bonds. The Balaban J connectivity index is 3.26. The number of hydrogen-bond donors (Lipinski definition) is 2. The van der Waals surface area contributed by atoms with Crippen LogP contribution in [0, 0.1) is 6.92 Å². The van der Waals surface area contributed by atoms with Crippen molar-refractivity contribution in [3.63, 3.8) is 0 Å². The van der Waals surface area contributed by atoms with Gasteiger partial charge < -0.3 is 5.43 Å². The average Bonchev–Trinajstić information content (AvgIpc) is 2.26. The minimum Gasteiger partial charge on any atom is -0.308 e. The summed E-state index contributed by atoms with van der Waals surface area (Å²) < 4.78 is 0. The molecule has 0 fully saturated rings. The summed E-state index contributed by atoms with van der Waals surface area (Å²) in [6.45, 7) is 10.5. The molecule has 1 atom stereocenters. The van der Waals surface area contributed by atoms with Gasteiger partial charge in [-0.2, -0.15) is 0 Å². The van der Waals surface area contributed by atoms with Gasteiger partial charge in [-0.3, -0.25) is 0 Å². The predicted octanol–water partition coefficient (Wildman–Crippen LogP) is 2.71. The van der Waals surface area contributed by atoms with Crippen molar-refractivity contribution in [1.29, 1.82) is 0 Å². The van der Waals surface area contributed by atoms with Gasteiger partial charge in [0.15, 0.2) is 0 Å². The lowest BCUT2D eigenvalue weighted by Gasteiger charge is -2.17. The Kier molecular flexibility index (Phi) is 4.24. The minimum absolute atomic E-state index is 0.368. The first-order valence-corrected chi connectivity index (χ1v) is 5.86. The molecular weight excluding hydrogens is 200 g/mol. The van der Waals surface area contributed by atoms with Gasteiger partial charge in [0.2, 0.25) is 0 Å². The third-order valence-corrected chi connectivity index (χ3v) is 2.92. The maximum Gasteiger partial charge on any atom is 0.147 e. The van der Waals surface area contributed by atoms with Crippen molar-refractivity contribution in [2.45, 2.75) is 52.9 Å². The van der Waals surface area contributed by atoms with Crippen LogP contribution in [0.3, 0.4) is 0 Å². The molecule has 0 bridgehead atoms. The fraction of sp³-hybridized carbons (Fsp3) is 0.667. The fourth-order valence-electron chi connectivity index (χ4n) is 1.81. The highest BCUT2D eigenvalue weighted by Crippen LogP contribution is 2.26. The summed E-state index contributed by atoms with van der Waals surface area (Å²) in [6.07, 6.45) is 1.03. The Morgan fingerprint density at radius 3 is 2.31 bits per heavy atom. The Morgan fingerprint density at radius 1 is 1.25 bits per heavy atom. The van der Waals surface area contributed by atoms with E-state index < -0.39 is 0 Å². The summed E-state index contributed by atoms with van der Waals surface area (Å²) in [5, 5.41) is 0. The molecule has 1 heterocycles. The van der Waals surface area contributed by atoms with E-state index in [0.29, 0.717) is 11.8 Å². The van der Waals surface area contributed by atoms with Crippen LogP contribution < -0.4 is 11.3 Å².